The first-order valence-corrected chi connectivity index (χ1v) is 10.8. The molecule has 0 unspecified atom stereocenters. The average molecular weight is 412 g/mol. The van der Waals surface area contributed by atoms with E-state index in [9.17, 15) is 9.59 Å². The lowest BCUT2D eigenvalue weighted by atomic mass is 10.1. The second-order valence-electron chi connectivity index (χ2n) is 6.85. The third-order valence-electron chi connectivity index (χ3n) is 4.91. The van der Waals surface area contributed by atoms with Gasteiger partial charge in [0.1, 0.15) is 16.7 Å². The van der Waals surface area contributed by atoms with Crippen molar-refractivity contribution in [2.24, 2.45) is 0 Å². The zero-order chi connectivity index (χ0) is 19.1. The van der Waals surface area contributed by atoms with Gasteiger partial charge in [-0.15, -0.1) is 0 Å². The zero-order valence-corrected chi connectivity index (χ0v) is 16.6. The zero-order valence-electron chi connectivity index (χ0n) is 15.0. The number of aromatic nitrogens is 3. The minimum Gasteiger partial charge on any atom is -0.338 e. The van der Waals surface area contributed by atoms with Crippen molar-refractivity contribution < 1.29 is 9.59 Å². The number of rotatable bonds is 3. The van der Waals surface area contributed by atoms with E-state index in [0.717, 1.165) is 42.1 Å². The van der Waals surface area contributed by atoms with Crippen molar-refractivity contribution in [2.45, 2.75) is 30.6 Å². The van der Waals surface area contributed by atoms with Gasteiger partial charge in [-0.2, -0.15) is 0 Å². The van der Waals surface area contributed by atoms with Crippen LogP contribution in [0.5, 0.6) is 0 Å². The molecule has 1 saturated heterocycles. The summed E-state index contributed by atoms with van der Waals surface area (Å²) in [7, 11) is 0. The van der Waals surface area contributed by atoms with Crippen molar-refractivity contribution in [1.82, 2.24) is 19.9 Å². The summed E-state index contributed by atoms with van der Waals surface area (Å²) in [6.07, 6.45) is 5.22. The van der Waals surface area contributed by atoms with Crippen molar-refractivity contribution in [3.63, 3.8) is 0 Å². The van der Waals surface area contributed by atoms with Crippen molar-refractivity contribution in [3.05, 3.63) is 35.1 Å². The Kier molecular flexibility index (Phi) is 4.48. The molecule has 0 saturated carbocycles. The number of fused-ring (bicyclic) bond motifs is 2. The van der Waals surface area contributed by atoms with Crippen molar-refractivity contribution in [2.75, 3.05) is 18.4 Å². The largest absolute Gasteiger partial charge is 0.338 e. The minimum atomic E-state index is -0.0268. The molecule has 2 aliphatic heterocycles. The fraction of sp³-hybridized carbons (Fsp3) is 0.316. The van der Waals surface area contributed by atoms with Crippen LogP contribution < -0.4 is 5.32 Å². The average Bonchev–Trinajstić information content (AvgIpc) is 3.31. The molecule has 1 fully saturated rings. The van der Waals surface area contributed by atoms with Crippen LogP contribution in [0.1, 0.15) is 34.6 Å². The van der Waals surface area contributed by atoms with Gasteiger partial charge in [0.25, 0.3) is 5.91 Å². The van der Waals surface area contributed by atoms with Gasteiger partial charge in [-0.05, 0) is 37.0 Å². The van der Waals surface area contributed by atoms with Crippen LogP contribution in [0.2, 0.25) is 0 Å². The Morgan fingerprint density at radius 2 is 2.00 bits per heavy atom. The number of hydrogen-bond donors (Lipinski definition) is 1. The smallest absolute Gasteiger partial charge is 0.282 e. The van der Waals surface area contributed by atoms with Crippen LogP contribution in [-0.4, -0.2) is 44.0 Å². The molecular formula is C19H17N5O2S2. The van der Waals surface area contributed by atoms with Gasteiger partial charge in [-0.25, -0.2) is 15.0 Å². The quantitative estimate of drug-likeness (QED) is 0.704. The highest BCUT2D eigenvalue weighted by atomic mass is 32.2. The third kappa shape index (κ3) is 3.24. The number of carbonyl (C=O) groups is 2. The molecule has 7 nitrogen and oxygen atoms in total. The molecule has 1 N–H and O–H groups in total. The molecule has 0 radical (unpaired) electrons. The van der Waals surface area contributed by atoms with E-state index >= 15 is 0 Å². The molecule has 9 heteroatoms. The summed E-state index contributed by atoms with van der Waals surface area (Å²) >= 11 is 2.57. The van der Waals surface area contributed by atoms with Crippen LogP contribution in [0.4, 0.5) is 11.5 Å². The Morgan fingerprint density at radius 1 is 1.14 bits per heavy atom. The molecule has 142 valence electrons. The van der Waals surface area contributed by atoms with Crippen LogP contribution in [0.25, 0.3) is 10.3 Å². The number of nitrogens with one attached hydrogen (secondary N) is 1. The maximum atomic E-state index is 12.8. The van der Waals surface area contributed by atoms with E-state index < -0.39 is 0 Å². The maximum Gasteiger partial charge on any atom is 0.282 e. The van der Waals surface area contributed by atoms with E-state index in [-0.39, 0.29) is 11.0 Å². The number of anilines is 2. The molecule has 0 bridgehead atoms. The first kappa shape index (κ1) is 17.6. The Bertz CT molecular complexity index is 1090. The highest BCUT2D eigenvalue weighted by Gasteiger charge is 2.23. The molecule has 2 aromatic heterocycles. The van der Waals surface area contributed by atoms with Crippen LogP contribution in [0, 0.1) is 0 Å². The van der Waals surface area contributed by atoms with E-state index in [1.54, 1.807) is 0 Å². The molecular weight excluding hydrogens is 394 g/mol. The highest BCUT2D eigenvalue weighted by molar-refractivity contribution is 8.14. The molecule has 3 aromatic rings. The fourth-order valence-electron chi connectivity index (χ4n) is 3.49. The van der Waals surface area contributed by atoms with Crippen LogP contribution >= 0.6 is 23.1 Å². The molecule has 0 aliphatic carbocycles. The molecule has 1 aromatic carbocycles. The van der Waals surface area contributed by atoms with Gasteiger partial charge in [0.2, 0.25) is 0 Å². The van der Waals surface area contributed by atoms with Gasteiger partial charge in [-0.1, -0.05) is 29.2 Å². The normalized spacial score (nSPS) is 16.4. The topological polar surface area (TPSA) is 88.1 Å². The molecule has 0 atom stereocenters. The van der Waals surface area contributed by atoms with Crippen molar-refractivity contribution >= 4 is 56.0 Å². The molecule has 0 spiro atoms. The first-order chi connectivity index (χ1) is 13.7. The standard InChI is InChI=1S/C19H17N5O2S2/c25-14-8-11-4-5-12(9-13(11)27-14)22-16-15-17(21-10-20-16)28-18(23-15)19(26)24-6-2-1-3-7-24/h4-5,9-10H,1-3,6-8H2,(H,20,21,22). The molecule has 4 heterocycles. The summed E-state index contributed by atoms with van der Waals surface area (Å²) < 4.78 is 0. The Labute approximate surface area is 169 Å². The number of nitrogens with zero attached hydrogens (tertiary/aromatic N) is 4. The number of thioether (sulfide) groups is 1. The maximum absolute atomic E-state index is 12.8. The van der Waals surface area contributed by atoms with Crippen LogP contribution in [0.15, 0.2) is 29.4 Å². The first-order valence-electron chi connectivity index (χ1n) is 9.19. The van der Waals surface area contributed by atoms with Crippen molar-refractivity contribution in [1.29, 1.82) is 0 Å². The summed E-state index contributed by atoms with van der Waals surface area (Å²) in [6.45, 7) is 1.58. The number of amides is 1. The van der Waals surface area contributed by atoms with E-state index in [1.807, 2.05) is 23.1 Å². The van der Waals surface area contributed by atoms with Gasteiger partial charge >= 0.3 is 0 Å². The lowest BCUT2D eigenvalue weighted by Gasteiger charge is -2.25. The minimum absolute atomic E-state index is 0.0268. The van der Waals surface area contributed by atoms with Gasteiger partial charge in [0, 0.05) is 30.1 Å². The summed E-state index contributed by atoms with van der Waals surface area (Å²) in [5, 5.41) is 3.88. The predicted molar refractivity (Wildman–Crippen MR) is 109 cm³/mol. The lowest BCUT2D eigenvalue weighted by molar-refractivity contribution is -0.110. The van der Waals surface area contributed by atoms with Gasteiger partial charge in [0.15, 0.2) is 15.9 Å². The predicted octanol–water partition coefficient (Wildman–Crippen LogP) is 3.63. The fourth-order valence-corrected chi connectivity index (χ4v) is 5.30. The molecule has 28 heavy (non-hydrogen) atoms. The second kappa shape index (κ2) is 7.14. The van der Waals surface area contributed by atoms with Crippen molar-refractivity contribution in [3.8, 4) is 0 Å². The van der Waals surface area contributed by atoms with Gasteiger partial charge in [0.05, 0.1) is 0 Å². The van der Waals surface area contributed by atoms with Crippen LogP contribution in [0.3, 0.4) is 0 Å². The number of carbonyl (C=O) groups excluding carboxylic acids is 2. The molecule has 1 amide bonds. The van der Waals surface area contributed by atoms with E-state index in [0.29, 0.717) is 27.6 Å². The number of benzene rings is 1. The Hall–Kier alpha value is -2.52. The monoisotopic (exact) mass is 411 g/mol. The Morgan fingerprint density at radius 3 is 2.86 bits per heavy atom. The molecule has 2 aliphatic rings. The highest BCUT2D eigenvalue weighted by Crippen LogP contribution is 2.35. The van der Waals surface area contributed by atoms with E-state index in [4.69, 9.17) is 0 Å². The van der Waals surface area contributed by atoms with E-state index in [1.165, 1.54) is 35.8 Å². The number of likely N-dealkylation sites (tertiary alicyclic amines) is 1. The summed E-state index contributed by atoms with van der Waals surface area (Å²) in [5.41, 5.74) is 2.48. The van der Waals surface area contributed by atoms with Gasteiger partial charge in [-0.3, -0.25) is 9.59 Å². The van der Waals surface area contributed by atoms with Gasteiger partial charge < -0.3 is 10.2 Å². The third-order valence-corrected chi connectivity index (χ3v) is 6.83. The second-order valence-corrected chi connectivity index (χ2v) is 8.92. The summed E-state index contributed by atoms with van der Waals surface area (Å²) in [4.78, 5) is 41.1. The van der Waals surface area contributed by atoms with E-state index in [2.05, 4.69) is 20.3 Å². The number of hydrogen-bond acceptors (Lipinski definition) is 8. The van der Waals surface area contributed by atoms with Crippen LogP contribution in [-0.2, 0) is 11.2 Å². The summed E-state index contributed by atoms with van der Waals surface area (Å²) in [5.74, 6) is 0.536. The Balaban J connectivity index is 1.44. The number of piperidine rings is 1. The SMILES string of the molecule is O=C1Cc2ccc(Nc3ncnc4sc(C(=O)N5CCCCC5)nc34)cc2S1. The summed E-state index contributed by atoms with van der Waals surface area (Å²) in [6, 6.07) is 5.84. The molecule has 5 rings (SSSR count). The number of thiazole rings is 1. The lowest BCUT2D eigenvalue weighted by Crippen LogP contribution is -2.35.